The lowest BCUT2D eigenvalue weighted by atomic mass is 9.79. The van der Waals surface area contributed by atoms with Crippen LogP contribution < -0.4 is 5.32 Å². The molecule has 1 aromatic heterocycles. The predicted molar refractivity (Wildman–Crippen MR) is 72.6 cm³/mol. The van der Waals surface area contributed by atoms with E-state index in [1.54, 1.807) is 0 Å². The summed E-state index contributed by atoms with van der Waals surface area (Å²) in [6.45, 7) is 4.79. The quantitative estimate of drug-likeness (QED) is 0.701. The summed E-state index contributed by atoms with van der Waals surface area (Å²) in [5.41, 5.74) is 0.776. The van der Waals surface area contributed by atoms with E-state index in [1.165, 1.54) is 12.3 Å². The van der Waals surface area contributed by atoms with Gasteiger partial charge in [-0.05, 0) is 30.7 Å². The second-order valence-corrected chi connectivity index (χ2v) is 4.78. The first kappa shape index (κ1) is 15.3. The van der Waals surface area contributed by atoms with E-state index in [2.05, 4.69) is 24.1 Å². The summed E-state index contributed by atoms with van der Waals surface area (Å²) in [7, 11) is 0. The number of aromatic amines is 1. The molecular weight excluding hydrogens is 242 g/mol. The van der Waals surface area contributed by atoms with Gasteiger partial charge in [-0.1, -0.05) is 13.8 Å². The van der Waals surface area contributed by atoms with Gasteiger partial charge in [-0.3, -0.25) is 4.79 Å². The highest BCUT2D eigenvalue weighted by Gasteiger charge is 2.26. The van der Waals surface area contributed by atoms with E-state index in [4.69, 9.17) is 10.4 Å². The zero-order valence-electron chi connectivity index (χ0n) is 11.5. The van der Waals surface area contributed by atoms with E-state index in [-0.39, 0.29) is 17.9 Å². The van der Waals surface area contributed by atoms with E-state index in [9.17, 15) is 4.79 Å². The lowest BCUT2D eigenvalue weighted by molar-refractivity contribution is 0.0907. The van der Waals surface area contributed by atoms with Crippen molar-refractivity contribution in [3.05, 3.63) is 23.5 Å². The molecule has 5 nitrogen and oxygen atoms in total. The van der Waals surface area contributed by atoms with Gasteiger partial charge in [0, 0.05) is 19.3 Å². The molecule has 0 radical (unpaired) electrons. The summed E-state index contributed by atoms with van der Waals surface area (Å²) in [5, 5.41) is 20.7. The van der Waals surface area contributed by atoms with E-state index in [0.29, 0.717) is 24.2 Å². The average molecular weight is 263 g/mol. The number of aliphatic hydroxyl groups excluding tert-OH is 1. The molecule has 0 aromatic carbocycles. The van der Waals surface area contributed by atoms with Gasteiger partial charge in [0.2, 0.25) is 0 Å². The van der Waals surface area contributed by atoms with Crippen LogP contribution in [-0.4, -0.2) is 29.1 Å². The minimum absolute atomic E-state index is 0.0568. The fourth-order valence-corrected chi connectivity index (χ4v) is 2.14. The molecule has 0 spiro atoms. The van der Waals surface area contributed by atoms with Crippen molar-refractivity contribution >= 4 is 5.91 Å². The molecule has 0 aliphatic heterocycles. The molecule has 0 aliphatic rings. The normalized spacial score (nSPS) is 11.1. The fraction of sp³-hybridized carbons (Fsp3) is 0.571. The average Bonchev–Trinajstić information content (AvgIpc) is 2.92. The third kappa shape index (κ3) is 3.83. The maximum Gasteiger partial charge on any atom is 0.252 e. The Morgan fingerprint density at radius 2 is 2.21 bits per heavy atom. The Kier molecular flexibility index (Phi) is 5.58. The van der Waals surface area contributed by atoms with Crippen molar-refractivity contribution in [1.82, 2.24) is 10.3 Å². The van der Waals surface area contributed by atoms with Crippen LogP contribution in [0.5, 0.6) is 0 Å². The Hall–Kier alpha value is -1.80. The monoisotopic (exact) mass is 263 g/mol. The van der Waals surface area contributed by atoms with Crippen molar-refractivity contribution in [3.63, 3.8) is 0 Å². The first-order valence-electron chi connectivity index (χ1n) is 6.58. The predicted octanol–water partition coefficient (Wildman–Crippen LogP) is 1.80. The maximum absolute atomic E-state index is 12.0. The Morgan fingerprint density at radius 1 is 1.53 bits per heavy atom. The molecule has 0 aliphatic carbocycles. The van der Waals surface area contributed by atoms with Crippen molar-refractivity contribution in [2.45, 2.75) is 33.1 Å². The SMILES string of the molecule is CCC(CC)(CCO)CNC(=O)c1c[nH]c(C#N)c1. The van der Waals surface area contributed by atoms with E-state index < -0.39 is 0 Å². The van der Waals surface area contributed by atoms with Gasteiger partial charge < -0.3 is 15.4 Å². The summed E-state index contributed by atoms with van der Waals surface area (Å²) in [6, 6.07) is 3.48. The molecule has 3 N–H and O–H groups in total. The van der Waals surface area contributed by atoms with Gasteiger partial charge in [-0.2, -0.15) is 5.26 Å². The summed E-state index contributed by atoms with van der Waals surface area (Å²) >= 11 is 0. The highest BCUT2D eigenvalue weighted by atomic mass is 16.3. The number of carbonyl (C=O) groups excluding carboxylic acids is 1. The molecule has 1 amide bonds. The molecule has 0 bridgehead atoms. The number of aliphatic hydroxyl groups is 1. The lowest BCUT2D eigenvalue weighted by Gasteiger charge is -2.31. The zero-order valence-corrected chi connectivity index (χ0v) is 11.5. The molecule has 0 saturated heterocycles. The number of rotatable bonds is 7. The summed E-state index contributed by atoms with van der Waals surface area (Å²) < 4.78 is 0. The minimum Gasteiger partial charge on any atom is -0.396 e. The number of hydrogen-bond acceptors (Lipinski definition) is 3. The van der Waals surface area contributed by atoms with E-state index >= 15 is 0 Å². The number of nitrogens with one attached hydrogen (secondary N) is 2. The molecule has 19 heavy (non-hydrogen) atoms. The largest absolute Gasteiger partial charge is 0.396 e. The minimum atomic E-state index is -0.193. The standard InChI is InChI=1S/C14H21N3O2/c1-3-14(4-2,5-6-18)10-17-13(19)11-7-12(8-15)16-9-11/h7,9,16,18H,3-6,10H2,1-2H3,(H,17,19). The molecular formula is C14H21N3O2. The fourth-order valence-electron chi connectivity index (χ4n) is 2.14. The van der Waals surface area contributed by atoms with Gasteiger partial charge in [-0.25, -0.2) is 0 Å². The van der Waals surface area contributed by atoms with Crippen LogP contribution in [0.15, 0.2) is 12.3 Å². The summed E-state index contributed by atoms with van der Waals surface area (Å²) in [5.74, 6) is -0.193. The number of amides is 1. The van der Waals surface area contributed by atoms with Crippen LogP contribution in [0.3, 0.4) is 0 Å². The Bertz CT molecular complexity index is 456. The Labute approximate surface area is 113 Å². The van der Waals surface area contributed by atoms with Crippen molar-refractivity contribution < 1.29 is 9.90 Å². The maximum atomic E-state index is 12.0. The number of nitrogens with zero attached hydrogens (tertiary/aromatic N) is 1. The smallest absolute Gasteiger partial charge is 0.252 e. The summed E-state index contributed by atoms with van der Waals surface area (Å²) in [6.07, 6.45) is 4.01. The van der Waals surface area contributed by atoms with Crippen molar-refractivity contribution in [3.8, 4) is 6.07 Å². The van der Waals surface area contributed by atoms with Gasteiger partial charge in [0.1, 0.15) is 11.8 Å². The second-order valence-electron chi connectivity index (χ2n) is 4.78. The molecule has 0 saturated carbocycles. The number of carbonyl (C=O) groups is 1. The van der Waals surface area contributed by atoms with Crippen LogP contribution in [0.2, 0.25) is 0 Å². The van der Waals surface area contributed by atoms with Crippen LogP contribution in [0.1, 0.15) is 49.2 Å². The van der Waals surface area contributed by atoms with Crippen molar-refractivity contribution in [2.24, 2.45) is 5.41 Å². The summed E-state index contributed by atoms with van der Waals surface area (Å²) in [4.78, 5) is 14.7. The van der Waals surface area contributed by atoms with Gasteiger partial charge in [0.05, 0.1) is 5.56 Å². The zero-order chi connectivity index (χ0) is 14.3. The van der Waals surface area contributed by atoms with Crippen LogP contribution >= 0.6 is 0 Å². The van der Waals surface area contributed by atoms with Crippen LogP contribution in [0.4, 0.5) is 0 Å². The number of H-pyrrole nitrogens is 1. The van der Waals surface area contributed by atoms with Gasteiger partial charge >= 0.3 is 0 Å². The third-order valence-electron chi connectivity index (χ3n) is 3.83. The molecule has 5 heteroatoms. The van der Waals surface area contributed by atoms with Crippen LogP contribution in [0.25, 0.3) is 0 Å². The van der Waals surface area contributed by atoms with Crippen LogP contribution in [-0.2, 0) is 0 Å². The molecule has 0 atom stereocenters. The molecule has 1 heterocycles. The van der Waals surface area contributed by atoms with Gasteiger partial charge in [0.25, 0.3) is 5.91 Å². The molecule has 1 aromatic rings. The van der Waals surface area contributed by atoms with Crippen LogP contribution in [0, 0.1) is 16.7 Å². The van der Waals surface area contributed by atoms with E-state index in [1.807, 2.05) is 6.07 Å². The first-order chi connectivity index (χ1) is 9.10. The number of hydrogen-bond donors (Lipinski definition) is 3. The third-order valence-corrected chi connectivity index (χ3v) is 3.83. The number of nitriles is 1. The molecule has 0 unspecified atom stereocenters. The molecule has 104 valence electrons. The lowest BCUT2D eigenvalue weighted by Crippen LogP contribution is -2.37. The number of aromatic nitrogens is 1. The van der Waals surface area contributed by atoms with Crippen molar-refractivity contribution in [2.75, 3.05) is 13.2 Å². The first-order valence-corrected chi connectivity index (χ1v) is 6.58. The highest BCUT2D eigenvalue weighted by molar-refractivity contribution is 5.94. The van der Waals surface area contributed by atoms with Gasteiger partial charge in [-0.15, -0.1) is 0 Å². The molecule has 1 rings (SSSR count). The topological polar surface area (TPSA) is 88.9 Å². The van der Waals surface area contributed by atoms with Gasteiger partial charge in [0.15, 0.2) is 0 Å². The highest BCUT2D eigenvalue weighted by Crippen LogP contribution is 2.29. The second kappa shape index (κ2) is 6.95. The Balaban J connectivity index is 2.64. The van der Waals surface area contributed by atoms with E-state index in [0.717, 1.165) is 12.8 Å². The van der Waals surface area contributed by atoms with Crippen molar-refractivity contribution in [1.29, 1.82) is 5.26 Å². The Morgan fingerprint density at radius 3 is 2.68 bits per heavy atom. The molecule has 0 fully saturated rings.